The highest BCUT2D eigenvalue weighted by Crippen LogP contribution is 2.62. The molecule has 4 rings (SSSR count). The van der Waals surface area contributed by atoms with E-state index in [-0.39, 0.29) is 0 Å². The molecule has 0 heterocycles. The van der Waals surface area contributed by atoms with Crippen LogP contribution in [0, 0.1) is 23.2 Å². The van der Waals surface area contributed by atoms with Gasteiger partial charge in [0.2, 0.25) is 0 Å². The number of rotatable bonds is 3. The fourth-order valence-electron chi connectivity index (χ4n) is 5.53. The first-order valence-electron chi connectivity index (χ1n) is 7.19. The SMILES string of the molecule is CNC(C)(C)CC12CC3CC(CC(C3)C1)C2. The van der Waals surface area contributed by atoms with E-state index in [0.29, 0.717) is 5.54 Å². The van der Waals surface area contributed by atoms with Crippen molar-refractivity contribution in [2.45, 2.75) is 64.3 Å². The first-order valence-corrected chi connectivity index (χ1v) is 7.19. The van der Waals surface area contributed by atoms with Crippen LogP contribution in [0.25, 0.3) is 0 Å². The second-order valence-electron chi connectivity index (χ2n) is 7.73. The Labute approximate surface area is 100 Å². The van der Waals surface area contributed by atoms with E-state index in [1.54, 1.807) is 38.5 Å². The van der Waals surface area contributed by atoms with Gasteiger partial charge in [0.1, 0.15) is 0 Å². The predicted octanol–water partition coefficient (Wildman–Crippen LogP) is 3.59. The summed E-state index contributed by atoms with van der Waals surface area (Å²) in [6.07, 6.45) is 10.7. The molecule has 16 heavy (non-hydrogen) atoms. The molecule has 0 aliphatic heterocycles. The van der Waals surface area contributed by atoms with Crippen molar-refractivity contribution in [1.82, 2.24) is 5.32 Å². The fourth-order valence-corrected chi connectivity index (χ4v) is 5.53. The smallest absolute Gasteiger partial charge is 0.0127 e. The molecule has 0 unspecified atom stereocenters. The van der Waals surface area contributed by atoms with Gasteiger partial charge in [0, 0.05) is 5.54 Å². The lowest BCUT2D eigenvalue weighted by atomic mass is 9.48. The molecule has 0 amide bonds. The van der Waals surface area contributed by atoms with Crippen molar-refractivity contribution in [2.24, 2.45) is 23.2 Å². The molecule has 0 aromatic carbocycles. The Balaban J connectivity index is 1.78. The van der Waals surface area contributed by atoms with E-state index in [1.165, 1.54) is 6.42 Å². The normalized spacial score (nSPS) is 46.3. The van der Waals surface area contributed by atoms with Gasteiger partial charge in [-0.05, 0) is 89.0 Å². The molecule has 0 spiro atoms. The number of hydrogen-bond donors (Lipinski definition) is 1. The highest BCUT2D eigenvalue weighted by atomic mass is 14.9. The van der Waals surface area contributed by atoms with Gasteiger partial charge in [-0.3, -0.25) is 0 Å². The zero-order valence-electron chi connectivity index (χ0n) is 11.2. The number of nitrogens with one attached hydrogen (secondary N) is 1. The Bertz CT molecular complexity index is 244. The summed E-state index contributed by atoms with van der Waals surface area (Å²) in [6, 6.07) is 0. The predicted molar refractivity (Wildman–Crippen MR) is 68.4 cm³/mol. The molecule has 1 N–H and O–H groups in total. The van der Waals surface area contributed by atoms with Gasteiger partial charge >= 0.3 is 0 Å². The molecule has 0 saturated heterocycles. The second-order valence-corrected chi connectivity index (χ2v) is 7.73. The van der Waals surface area contributed by atoms with Gasteiger partial charge in [0.25, 0.3) is 0 Å². The van der Waals surface area contributed by atoms with Crippen LogP contribution in [-0.4, -0.2) is 12.6 Å². The molecule has 1 heteroatoms. The second kappa shape index (κ2) is 3.48. The summed E-state index contributed by atoms with van der Waals surface area (Å²) >= 11 is 0. The van der Waals surface area contributed by atoms with Crippen LogP contribution < -0.4 is 5.32 Å². The molecule has 0 aromatic rings. The van der Waals surface area contributed by atoms with Crippen molar-refractivity contribution >= 4 is 0 Å². The lowest BCUT2D eigenvalue weighted by Gasteiger charge is -2.58. The maximum atomic E-state index is 3.52. The monoisotopic (exact) mass is 221 g/mol. The quantitative estimate of drug-likeness (QED) is 0.768. The molecule has 4 aliphatic rings. The molecular weight excluding hydrogens is 194 g/mol. The van der Waals surface area contributed by atoms with E-state index in [2.05, 4.69) is 26.2 Å². The zero-order chi connectivity index (χ0) is 11.4. The molecule has 4 saturated carbocycles. The van der Waals surface area contributed by atoms with E-state index in [0.717, 1.165) is 23.2 Å². The summed E-state index contributed by atoms with van der Waals surface area (Å²) in [5.41, 5.74) is 1.06. The largest absolute Gasteiger partial charge is 0.315 e. The lowest BCUT2D eigenvalue weighted by Crippen LogP contribution is -2.51. The molecule has 1 nitrogen and oxygen atoms in total. The Hall–Kier alpha value is -0.0400. The molecule has 4 aliphatic carbocycles. The third-order valence-corrected chi connectivity index (χ3v) is 5.66. The summed E-state index contributed by atoms with van der Waals surface area (Å²) in [4.78, 5) is 0. The Kier molecular flexibility index (Phi) is 2.41. The van der Waals surface area contributed by atoms with Crippen LogP contribution in [-0.2, 0) is 0 Å². The first kappa shape index (κ1) is 11.1. The van der Waals surface area contributed by atoms with Crippen LogP contribution in [0.5, 0.6) is 0 Å². The topological polar surface area (TPSA) is 12.0 Å². The maximum absolute atomic E-state index is 3.52. The highest BCUT2D eigenvalue weighted by Gasteiger charge is 2.51. The van der Waals surface area contributed by atoms with Gasteiger partial charge in [-0.25, -0.2) is 0 Å². The van der Waals surface area contributed by atoms with E-state index < -0.39 is 0 Å². The lowest BCUT2D eigenvalue weighted by molar-refractivity contribution is -0.0678. The van der Waals surface area contributed by atoms with E-state index in [4.69, 9.17) is 0 Å². The van der Waals surface area contributed by atoms with E-state index >= 15 is 0 Å². The third kappa shape index (κ3) is 1.81. The minimum Gasteiger partial charge on any atom is -0.315 e. The Morgan fingerprint density at radius 3 is 1.81 bits per heavy atom. The van der Waals surface area contributed by atoms with Gasteiger partial charge in [0.15, 0.2) is 0 Å². The van der Waals surface area contributed by atoms with Crippen molar-refractivity contribution in [3.05, 3.63) is 0 Å². The Morgan fingerprint density at radius 2 is 1.44 bits per heavy atom. The van der Waals surface area contributed by atoms with Gasteiger partial charge in [-0.1, -0.05) is 0 Å². The van der Waals surface area contributed by atoms with Crippen LogP contribution in [0.2, 0.25) is 0 Å². The minimum absolute atomic E-state index is 0.339. The van der Waals surface area contributed by atoms with Gasteiger partial charge in [-0.2, -0.15) is 0 Å². The van der Waals surface area contributed by atoms with Crippen LogP contribution in [0.1, 0.15) is 58.8 Å². The van der Waals surface area contributed by atoms with Crippen molar-refractivity contribution in [3.63, 3.8) is 0 Å². The van der Waals surface area contributed by atoms with Crippen LogP contribution in [0.15, 0.2) is 0 Å². The Morgan fingerprint density at radius 1 is 1.00 bits per heavy atom. The molecule has 0 aromatic heterocycles. The zero-order valence-corrected chi connectivity index (χ0v) is 11.2. The van der Waals surface area contributed by atoms with Gasteiger partial charge < -0.3 is 5.32 Å². The summed E-state index contributed by atoms with van der Waals surface area (Å²) < 4.78 is 0. The third-order valence-electron chi connectivity index (χ3n) is 5.66. The average Bonchev–Trinajstić information content (AvgIpc) is 2.13. The summed E-state index contributed by atoms with van der Waals surface area (Å²) in [6.45, 7) is 4.76. The van der Waals surface area contributed by atoms with Crippen molar-refractivity contribution in [3.8, 4) is 0 Å². The van der Waals surface area contributed by atoms with E-state index in [1.807, 2.05) is 0 Å². The van der Waals surface area contributed by atoms with Gasteiger partial charge in [-0.15, -0.1) is 0 Å². The standard InChI is InChI=1S/C15H27N/c1-14(2,16-3)10-15-7-11-4-12(8-15)6-13(5-11)9-15/h11-13,16H,4-10H2,1-3H3. The fraction of sp³-hybridized carbons (Fsp3) is 1.00. The molecular formula is C15H27N. The highest BCUT2D eigenvalue weighted by molar-refractivity contribution is 5.03. The van der Waals surface area contributed by atoms with E-state index in [9.17, 15) is 0 Å². The van der Waals surface area contributed by atoms with Crippen LogP contribution in [0.3, 0.4) is 0 Å². The average molecular weight is 221 g/mol. The van der Waals surface area contributed by atoms with Gasteiger partial charge in [0.05, 0.1) is 0 Å². The summed E-state index contributed by atoms with van der Waals surface area (Å²) in [5, 5.41) is 3.52. The number of hydrogen-bond acceptors (Lipinski definition) is 1. The molecule has 4 bridgehead atoms. The van der Waals surface area contributed by atoms with Crippen molar-refractivity contribution in [1.29, 1.82) is 0 Å². The van der Waals surface area contributed by atoms with Crippen molar-refractivity contribution in [2.75, 3.05) is 7.05 Å². The molecule has 92 valence electrons. The van der Waals surface area contributed by atoms with Crippen molar-refractivity contribution < 1.29 is 0 Å². The molecule has 0 radical (unpaired) electrons. The molecule has 0 atom stereocenters. The van der Waals surface area contributed by atoms with Crippen LogP contribution in [0.4, 0.5) is 0 Å². The molecule has 4 fully saturated rings. The maximum Gasteiger partial charge on any atom is 0.0127 e. The van der Waals surface area contributed by atoms with Crippen LogP contribution >= 0.6 is 0 Å². The minimum atomic E-state index is 0.339. The summed E-state index contributed by atoms with van der Waals surface area (Å²) in [7, 11) is 2.13. The first-order chi connectivity index (χ1) is 7.50. The summed E-state index contributed by atoms with van der Waals surface area (Å²) in [5.74, 6) is 3.29.